The summed E-state index contributed by atoms with van der Waals surface area (Å²) in [6.45, 7) is 0.457. The lowest BCUT2D eigenvalue weighted by molar-refractivity contribution is -0.113. The first-order valence-corrected chi connectivity index (χ1v) is 11.3. The van der Waals surface area contributed by atoms with Gasteiger partial charge in [-0.25, -0.2) is 14.0 Å². The van der Waals surface area contributed by atoms with E-state index in [1.807, 2.05) is 12.1 Å². The van der Waals surface area contributed by atoms with Gasteiger partial charge in [0.25, 0.3) is 5.56 Å². The lowest BCUT2D eigenvalue weighted by Gasteiger charge is -2.20. The Morgan fingerprint density at radius 2 is 1.97 bits per heavy atom. The molecule has 3 heterocycles. The summed E-state index contributed by atoms with van der Waals surface area (Å²) in [6.07, 6.45) is -0.00910. The second-order valence-corrected chi connectivity index (χ2v) is 8.87. The Hall–Kier alpha value is -3.60. The van der Waals surface area contributed by atoms with Crippen LogP contribution in [-0.4, -0.2) is 40.0 Å². The van der Waals surface area contributed by atoms with E-state index in [1.165, 1.54) is 28.8 Å². The van der Waals surface area contributed by atoms with Gasteiger partial charge in [-0.1, -0.05) is 0 Å². The Morgan fingerprint density at radius 3 is 2.82 bits per heavy atom. The third kappa shape index (κ3) is 4.11. The number of H-pyrrole nitrogens is 1. The number of amides is 2. The van der Waals surface area contributed by atoms with Gasteiger partial charge in [-0.2, -0.15) is 0 Å². The number of carbonyl (C=O) groups is 2. The molecule has 3 aromatic rings. The quantitative estimate of drug-likeness (QED) is 0.593. The van der Waals surface area contributed by atoms with Crippen LogP contribution in [0.4, 0.5) is 20.6 Å². The molecule has 0 spiro atoms. The lowest BCUT2D eigenvalue weighted by atomic mass is 10.2. The average molecular weight is 470 g/mol. The molecular weight excluding hydrogens is 451 g/mol. The highest BCUT2D eigenvalue weighted by atomic mass is 32.2. The van der Waals surface area contributed by atoms with E-state index in [1.54, 1.807) is 6.07 Å². The maximum absolute atomic E-state index is 13.4. The standard InChI is InChI=1S/C22H19FN4O5S/c23-12-3-5-15-16(8-12)25-21(30)26(20(15)29)7-1-2-14-10-27(22(31)32-14)13-4-6-18-17(9-13)24-19(28)11-33-18/h3-6,8-9,14H,1-2,7,10-11H2,(H,24,28)(H,25,30)/t14-/m1/s1. The molecule has 1 atom stereocenters. The third-order valence-electron chi connectivity index (χ3n) is 5.63. The highest BCUT2D eigenvalue weighted by Gasteiger charge is 2.32. The van der Waals surface area contributed by atoms with Crippen molar-refractivity contribution in [3.05, 3.63) is 63.1 Å². The van der Waals surface area contributed by atoms with Gasteiger partial charge >= 0.3 is 11.8 Å². The molecule has 170 valence electrons. The van der Waals surface area contributed by atoms with Gasteiger partial charge in [0, 0.05) is 17.1 Å². The molecule has 11 heteroatoms. The highest BCUT2D eigenvalue weighted by Crippen LogP contribution is 2.35. The van der Waals surface area contributed by atoms with E-state index in [0.717, 1.165) is 15.5 Å². The smallest absolute Gasteiger partial charge is 0.414 e. The van der Waals surface area contributed by atoms with Crippen LogP contribution >= 0.6 is 11.8 Å². The number of fused-ring (bicyclic) bond motifs is 2. The average Bonchev–Trinajstić information content (AvgIpc) is 3.15. The number of nitrogens with zero attached hydrogens (tertiary/aromatic N) is 2. The summed E-state index contributed by atoms with van der Waals surface area (Å²) in [4.78, 5) is 53.9. The van der Waals surface area contributed by atoms with Crippen molar-refractivity contribution >= 4 is 46.0 Å². The highest BCUT2D eigenvalue weighted by molar-refractivity contribution is 8.00. The van der Waals surface area contributed by atoms with Crippen LogP contribution in [0.25, 0.3) is 10.9 Å². The van der Waals surface area contributed by atoms with Gasteiger partial charge in [0.1, 0.15) is 11.9 Å². The summed E-state index contributed by atoms with van der Waals surface area (Å²) < 4.78 is 19.9. The number of rotatable bonds is 5. The summed E-state index contributed by atoms with van der Waals surface area (Å²) in [6, 6.07) is 9.04. The minimum Gasteiger partial charge on any atom is -0.444 e. The monoisotopic (exact) mass is 470 g/mol. The molecule has 9 nitrogen and oxygen atoms in total. The van der Waals surface area contributed by atoms with E-state index in [4.69, 9.17) is 4.74 Å². The van der Waals surface area contributed by atoms with Crippen LogP contribution in [-0.2, 0) is 16.1 Å². The number of thioether (sulfide) groups is 1. The second-order valence-electron chi connectivity index (χ2n) is 7.85. The number of nitrogens with one attached hydrogen (secondary N) is 2. The van der Waals surface area contributed by atoms with Gasteiger partial charge in [0.2, 0.25) is 5.91 Å². The number of aromatic amines is 1. The van der Waals surface area contributed by atoms with Crippen LogP contribution < -0.4 is 21.5 Å². The van der Waals surface area contributed by atoms with Crippen LogP contribution in [0.3, 0.4) is 0 Å². The fourth-order valence-electron chi connectivity index (χ4n) is 4.03. The van der Waals surface area contributed by atoms with Crippen LogP contribution in [0.2, 0.25) is 0 Å². The number of cyclic esters (lactones) is 1. The molecule has 2 amide bonds. The molecule has 2 aliphatic rings. The Bertz CT molecular complexity index is 1400. The number of aromatic nitrogens is 2. The Morgan fingerprint density at radius 1 is 1.12 bits per heavy atom. The molecule has 2 aliphatic heterocycles. The van der Waals surface area contributed by atoms with Gasteiger partial charge in [0.15, 0.2) is 0 Å². The van der Waals surface area contributed by atoms with Crippen LogP contribution in [0.5, 0.6) is 0 Å². The van der Waals surface area contributed by atoms with E-state index in [0.29, 0.717) is 36.5 Å². The molecule has 5 rings (SSSR count). The van der Waals surface area contributed by atoms with Crippen LogP contribution in [0.15, 0.2) is 50.9 Å². The molecule has 1 aromatic heterocycles. The molecule has 1 saturated heterocycles. The number of halogens is 1. The number of anilines is 2. The first-order valence-electron chi connectivity index (χ1n) is 10.4. The molecule has 0 aliphatic carbocycles. The molecule has 2 aromatic carbocycles. The summed E-state index contributed by atoms with van der Waals surface area (Å²) in [7, 11) is 0. The molecule has 2 N–H and O–H groups in total. The molecular formula is C22H19FN4O5S. The number of ether oxygens (including phenoxy) is 1. The van der Waals surface area contributed by atoms with Crippen molar-refractivity contribution in [3.63, 3.8) is 0 Å². The van der Waals surface area contributed by atoms with Crippen molar-refractivity contribution in [1.82, 2.24) is 9.55 Å². The van der Waals surface area contributed by atoms with Crippen molar-refractivity contribution in [2.45, 2.75) is 30.4 Å². The summed E-state index contributed by atoms with van der Waals surface area (Å²) in [5, 5.41) is 3.03. The Kier molecular flexibility index (Phi) is 5.41. The molecule has 0 bridgehead atoms. The number of hydrogen-bond acceptors (Lipinski definition) is 6. The Balaban J connectivity index is 1.25. The van der Waals surface area contributed by atoms with Gasteiger partial charge in [0.05, 0.1) is 28.9 Å². The second kappa shape index (κ2) is 8.39. The van der Waals surface area contributed by atoms with Crippen molar-refractivity contribution in [2.75, 3.05) is 22.5 Å². The minimum atomic E-state index is -0.614. The summed E-state index contributed by atoms with van der Waals surface area (Å²) >= 11 is 1.44. The van der Waals surface area contributed by atoms with Crippen molar-refractivity contribution in [3.8, 4) is 0 Å². The van der Waals surface area contributed by atoms with Gasteiger partial charge < -0.3 is 15.0 Å². The van der Waals surface area contributed by atoms with E-state index >= 15 is 0 Å². The van der Waals surface area contributed by atoms with Gasteiger partial charge in [-0.3, -0.25) is 19.1 Å². The van der Waals surface area contributed by atoms with Crippen LogP contribution in [0.1, 0.15) is 12.8 Å². The normalized spacial score (nSPS) is 17.7. The van der Waals surface area contributed by atoms with Crippen molar-refractivity contribution in [1.29, 1.82) is 0 Å². The van der Waals surface area contributed by atoms with Crippen molar-refractivity contribution < 1.29 is 18.7 Å². The maximum Gasteiger partial charge on any atom is 0.414 e. The zero-order chi connectivity index (χ0) is 23.1. The molecule has 0 saturated carbocycles. The molecule has 1 fully saturated rings. The first kappa shape index (κ1) is 21.3. The Labute approximate surface area is 190 Å². The van der Waals surface area contributed by atoms with E-state index in [2.05, 4.69) is 10.3 Å². The first-order chi connectivity index (χ1) is 15.9. The fourth-order valence-corrected chi connectivity index (χ4v) is 4.82. The molecule has 0 radical (unpaired) electrons. The van der Waals surface area contributed by atoms with Gasteiger partial charge in [-0.15, -0.1) is 11.8 Å². The molecule has 0 unspecified atom stereocenters. The largest absolute Gasteiger partial charge is 0.444 e. The number of benzene rings is 2. The fraction of sp³-hybridized carbons (Fsp3) is 0.273. The van der Waals surface area contributed by atoms with E-state index in [-0.39, 0.29) is 23.4 Å². The third-order valence-corrected chi connectivity index (χ3v) is 6.71. The maximum atomic E-state index is 13.4. The lowest BCUT2D eigenvalue weighted by Crippen LogP contribution is -2.35. The zero-order valence-electron chi connectivity index (χ0n) is 17.3. The van der Waals surface area contributed by atoms with E-state index in [9.17, 15) is 23.6 Å². The molecule has 33 heavy (non-hydrogen) atoms. The van der Waals surface area contributed by atoms with Gasteiger partial charge in [-0.05, 0) is 49.2 Å². The van der Waals surface area contributed by atoms with Crippen LogP contribution in [0, 0.1) is 5.82 Å². The van der Waals surface area contributed by atoms with Crippen molar-refractivity contribution in [2.24, 2.45) is 0 Å². The number of carbonyl (C=O) groups excluding carboxylic acids is 2. The number of hydrogen-bond donors (Lipinski definition) is 2. The van der Waals surface area contributed by atoms with E-state index < -0.39 is 29.3 Å². The topological polar surface area (TPSA) is 114 Å². The predicted octanol–water partition coefficient (Wildman–Crippen LogP) is 2.68. The summed E-state index contributed by atoms with van der Waals surface area (Å²) in [5.74, 6) is -0.265. The zero-order valence-corrected chi connectivity index (χ0v) is 18.1. The SMILES string of the molecule is O=C1CSc2ccc(N3C[C@@H](CCCn4c(=O)[nH]c5cc(F)ccc5c4=O)OC3=O)cc2N1. The summed E-state index contributed by atoms with van der Waals surface area (Å²) in [5.41, 5.74) is 0.337. The minimum absolute atomic E-state index is 0.0874. The predicted molar refractivity (Wildman–Crippen MR) is 121 cm³/mol.